The molecule has 0 aliphatic rings. The lowest BCUT2D eigenvalue weighted by Crippen LogP contribution is -2.21. The second-order valence-corrected chi connectivity index (χ2v) is 10.1. The number of halogens is 5. The Morgan fingerprint density at radius 1 is 1.22 bits per heavy atom. The fraction of sp³-hybridized carbons (Fsp3) is 0.211. The third-order valence-corrected chi connectivity index (χ3v) is 7.07. The van der Waals surface area contributed by atoms with Gasteiger partial charge in [-0.15, -0.1) is 22.7 Å². The van der Waals surface area contributed by atoms with Crippen LogP contribution in [0.4, 0.5) is 27.0 Å². The number of hydrogen-bond acceptors (Lipinski definition) is 7. The molecule has 10 nitrogen and oxygen atoms in total. The van der Waals surface area contributed by atoms with Crippen LogP contribution < -0.4 is 15.9 Å². The number of aromatic nitrogens is 1. The summed E-state index contributed by atoms with van der Waals surface area (Å²) in [5.41, 5.74) is 2.23. The van der Waals surface area contributed by atoms with Crippen molar-refractivity contribution in [3.8, 4) is 11.3 Å². The van der Waals surface area contributed by atoms with E-state index in [1.165, 1.54) is 12.4 Å². The molecular weight excluding hydrogens is 570 g/mol. The van der Waals surface area contributed by atoms with Crippen LogP contribution in [0.2, 0.25) is 0 Å². The molecule has 2 aromatic heterocycles. The summed E-state index contributed by atoms with van der Waals surface area (Å²) in [6, 6.07) is 1.06. The van der Waals surface area contributed by atoms with Crippen LogP contribution >= 0.6 is 30.5 Å². The number of thiophene rings is 1. The average Bonchev–Trinajstić information content (AvgIpc) is 3.34. The van der Waals surface area contributed by atoms with Crippen molar-refractivity contribution in [1.29, 1.82) is 0 Å². The van der Waals surface area contributed by atoms with Gasteiger partial charge in [0, 0.05) is 18.0 Å². The molecule has 0 aliphatic heterocycles. The summed E-state index contributed by atoms with van der Waals surface area (Å²) < 4.78 is 84.5. The van der Waals surface area contributed by atoms with E-state index in [1.54, 1.807) is 0 Å². The molecule has 0 atom stereocenters. The summed E-state index contributed by atoms with van der Waals surface area (Å²) in [7, 11) is -3.60. The Labute approximate surface area is 212 Å². The lowest BCUT2D eigenvalue weighted by Gasteiger charge is -2.14. The Kier molecular flexibility index (Phi) is 8.36. The number of phosphoric acid groups is 1. The number of anilines is 1. The highest BCUT2D eigenvalue weighted by atomic mass is 32.1. The van der Waals surface area contributed by atoms with Crippen molar-refractivity contribution in [3.05, 3.63) is 56.0 Å². The number of rotatable bonds is 8. The van der Waals surface area contributed by atoms with Gasteiger partial charge in [-0.3, -0.25) is 18.7 Å². The first-order chi connectivity index (χ1) is 17.1. The van der Waals surface area contributed by atoms with Gasteiger partial charge in [0.1, 0.15) is 28.9 Å². The topological polar surface area (TPSA) is 156 Å². The minimum absolute atomic E-state index is 0.0497. The molecule has 18 heteroatoms. The predicted molar refractivity (Wildman–Crippen MR) is 122 cm³/mol. The SMILES string of the molecule is CNc1scc(CC(=O)N=c2scc(-c3ccc(F)c(C(F)(F)F)c3F)n2COP(=O)(O)O)c1C(N)=O. The van der Waals surface area contributed by atoms with Crippen LogP contribution in [0.5, 0.6) is 0 Å². The number of carbonyl (C=O) groups excluding carboxylic acids is 2. The van der Waals surface area contributed by atoms with E-state index in [2.05, 4.69) is 14.8 Å². The number of alkyl halides is 3. The van der Waals surface area contributed by atoms with Gasteiger partial charge >= 0.3 is 14.0 Å². The second-order valence-electron chi connectivity index (χ2n) is 7.12. The number of phosphoric ester groups is 1. The Bertz CT molecular complexity index is 1480. The number of carbonyl (C=O) groups is 2. The molecule has 37 heavy (non-hydrogen) atoms. The van der Waals surface area contributed by atoms with Crippen molar-refractivity contribution >= 4 is 47.3 Å². The predicted octanol–water partition coefficient (Wildman–Crippen LogP) is 3.45. The van der Waals surface area contributed by atoms with Gasteiger partial charge in [-0.1, -0.05) is 0 Å². The van der Waals surface area contributed by atoms with Crippen LogP contribution in [-0.4, -0.2) is 33.2 Å². The molecule has 0 bridgehead atoms. The maximum atomic E-state index is 14.8. The highest BCUT2D eigenvalue weighted by Gasteiger charge is 2.39. The number of nitrogens with zero attached hydrogens (tertiary/aromatic N) is 2. The van der Waals surface area contributed by atoms with Gasteiger partial charge in [-0.2, -0.15) is 18.2 Å². The van der Waals surface area contributed by atoms with Crippen molar-refractivity contribution in [3.63, 3.8) is 0 Å². The largest absolute Gasteiger partial charge is 0.471 e. The smallest absolute Gasteiger partial charge is 0.379 e. The van der Waals surface area contributed by atoms with Gasteiger partial charge in [0.25, 0.3) is 11.8 Å². The summed E-state index contributed by atoms with van der Waals surface area (Å²) in [4.78, 5) is 46.0. The first kappa shape index (κ1) is 28.6. The van der Waals surface area contributed by atoms with Crippen molar-refractivity contribution < 1.29 is 50.4 Å². The lowest BCUT2D eigenvalue weighted by atomic mass is 10.1. The van der Waals surface area contributed by atoms with E-state index in [-0.39, 0.29) is 15.9 Å². The number of nitrogens with one attached hydrogen (secondary N) is 1. The molecule has 2 amide bonds. The number of hydrogen-bond donors (Lipinski definition) is 4. The minimum Gasteiger partial charge on any atom is -0.379 e. The van der Waals surface area contributed by atoms with Gasteiger partial charge < -0.3 is 20.8 Å². The summed E-state index contributed by atoms with van der Waals surface area (Å²) in [5, 5.41) is 5.67. The summed E-state index contributed by atoms with van der Waals surface area (Å²) in [5.74, 6) is -5.55. The Hall–Kier alpha value is -2.95. The molecule has 0 aliphatic carbocycles. The van der Waals surface area contributed by atoms with Crippen LogP contribution in [0.25, 0.3) is 11.3 Å². The average molecular weight is 586 g/mol. The number of thiazole rings is 1. The number of primary amides is 1. The van der Waals surface area contributed by atoms with Gasteiger partial charge in [0.15, 0.2) is 4.80 Å². The molecule has 0 saturated heterocycles. The number of benzene rings is 1. The third-order valence-electron chi connectivity index (χ3n) is 4.71. The first-order valence-corrected chi connectivity index (χ1v) is 13.0. The lowest BCUT2D eigenvalue weighted by molar-refractivity contribution is -0.142. The molecule has 3 rings (SSSR count). The standard InChI is InChI=1S/C19H16F5N4O6PS2/c1-26-17-13(16(25)30)8(5-36-17)4-12(29)27-18-28(7-34-35(31,32)33)11(6-37-18)9-2-3-10(20)14(15(9)21)19(22,23)24/h2-3,5-6,26H,4,7H2,1H3,(H2,25,30)(H2,31,32,33). The molecule has 200 valence electrons. The van der Waals surface area contributed by atoms with Crippen molar-refractivity contribution in [2.24, 2.45) is 10.7 Å². The zero-order valence-electron chi connectivity index (χ0n) is 18.4. The number of nitrogens with two attached hydrogens (primary N) is 1. The summed E-state index contributed by atoms with van der Waals surface area (Å²) in [6.07, 6.45) is -5.83. The fourth-order valence-corrected chi connectivity index (χ4v) is 5.29. The van der Waals surface area contributed by atoms with E-state index in [0.717, 1.165) is 21.3 Å². The molecule has 2 heterocycles. The van der Waals surface area contributed by atoms with E-state index in [4.69, 9.17) is 15.5 Å². The Morgan fingerprint density at radius 3 is 2.46 bits per heavy atom. The van der Waals surface area contributed by atoms with Crippen molar-refractivity contribution in [1.82, 2.24) is 4.57 Å². The van der Waals surface area contributed by atoms with E-state index in [1.807, 2.05) is 0 Å². The van der Waals surface area contributed by atoms with E-state index in [0.29, 0.717) is 28.5 Å². The fourth-order valence-electron chi connectivity index (χ4n) is 3.19. The van der Waals surface area contributed by atoms with Gasteiger partial charge in [0.2, 0.25) is 0 Å². The maximum absolute atomic E-state index is 14.8. The zero-order chi connectivity index (χ0) is 27.7. The molecule has 1 aromatic carbocycles. The van der Waals surface area contributed by atoms with Crippen molar-refractivity contribution in [2.75, 3.05) is 12.4 Å². The van der Waals surface area contributed by atoms with E-state index < -0.39 is 67.4 Å². The molecule has 0 spiro atoms. The third kappa shape index (κ3) is 6.49. The van der Waals surface area contributed by atoms with Gasteiger partial charge in [0.05, 0.1) is 17.7 Å². The summed E-state index contributed by atoms with van der Waals surface area (Å²) >= 11 is 1.70. The van der Waals surface area contributed by atoms with Gasteiger partial charge in [-0.25, -0.2) is 13.3 Å². The zero-order valence-corrected chi connectivity index (χ0v) is 20.9. The van der Waals surface area contributed by atoms with Crippen LogP contribution in [0.15, 0.2) is 27.9 Å². The molecule has 0 unspecified atom stereocenters. The second kappa shape index (κ2) is 10.8. The Balaban J connectivity index is 2.11. The first-order valence-electron chi connectivity index (χ1n) is 9.73. The molecule has 0 radical (unpaired) electrons. The van der Waals surface area contributed by atoms with Crippen LogP contribution in [0.1, 0.15) is 21.5 Å². The highest BCUT2D eigenvalue weighted by Crippen LogP contribution is 2.39. The van der Waals surface area contributed by atoms with Crippen LogP contribution in [-0.2, 0) is 33.2 Å². The molecular formula is C19H16F5N4O6PS2. The van der Waals surface area contributed by atoms with Crippen LogP contribution in [0, 0.1) is 11.6 Å². The normalized spacial score (nSPS) is 12.7. The van der Waals surface area contributed by atoms with E-state index >= 15 is 0 Å². The van der Waals surface area contributed by atoms with Gasteiger partial charge in [-0.05, 0) is 23.1 Å². The molecule has 0 saturated carbocycles. The maximum Gasteiger partial charge on any atom is 0.471 e. The Morgan fingerprint density at radius 2 is 1.89 bits per heavy atom. The minimum atomic E-state index is -5.39. The monoisotopic (exact) mass is 586 g/mol. The number of amides is 2. The van der Waals surface area contributed by atoms with Crippen LogP contribution in [0.3, 0.4) is 0 Å². The molecule has 3 aromatic rings. The van der Waals surface area contributed by atoms with Crippen molar-refractivity contribution in [2.45, 2.75) is 19.3 Å². The summed E-state index contributed by atoms with van der Waals surface area (Å²) in [6.45, 7) is -1.05. The highest BCUT2D eigenvalue weighted by molar-refractivity contribution is 7.46. The quantitative estimate of drug-likeness (QED) is 0.233. The molecule has 0 fully saturated rings. The molecule has 5 N–H and O–H groups in total. The van der Waals surface area contributed by atoms with E-state index in [9.17, 15) is 36.1 Å².